The van der Waals surface area contributed by atoms with Crippen molar-refractivity contribution in [1.82, 2.24) is 0 Å². The van der Waals surface area contributed by atoms with E-state index >= 15 is 0 Å². The quantitative estimate of drug-likeness (QED) is 0.790. The molecule has 1 fully saturated rings. The van der Waals surface area contributed by atoms with Crippen LogP contribution in [0.1, 0.15) is 29.6 Å². The summed E-state index contributed by atoms with van der Waals surface area (Å²) in [6.07, 6.45) is 5.50. The van der Waals surface area contributed by atoms with Gasteiger partial charge >= 0.3 is 0 Å². The molecule has 0 unspecified atom stereocenters. The van der Waals surface area contributed by atoms with Crippen LogP contribution < -0.4 is 15.0 Å². The summed E-state index contributed by atoms with van der Waals surface area (Å²) < 4.78 is 5.44. The predicted molar refractivity (Wildman–Crippen MR) is 103 cm³/mol. The lowest BCUT2D eigenvalue weighted by molar-refractivity contribution is 0.102. The summed E-state index contributed by atoms with van der Waals surface area (Å²) in [5.74, 6) is 0.647. The fourth-order valence-electron chi connectivity index (χ4n) is 2.97. The molecule has 0 atom stereocenters. The van der Waals surface area contributed by atoms with Crippen molar-refractivity contribution in [2.45, 2.75) is 19.3 Å². The number of ether oxygens (including phenoxy) is 1. The molecule has 1 aliphatic heterocycles. The third-order valence-electron chi connectivity index (χ3n) is 4.33. The molecule has 0 aliphatic carbocycles. The highest BCUT2D eigenvalue weighted by Gasteiger charge is 2.12. The molecular weight excluding hydrogens is 312 g/mol. The van der Waals surface area contributed by atoms with Crippen molar-refractivity contribution >= 4 is 17.3 Å². The molecule has 130 valence electrons. The molecule has 25 heavy (non-hydrogen) atoms. The van der Waals surface area contributed by atoms with Gasteiger partial charge in [-0.05, 0) is 67.8 Å². The van der Waals surface area contributed by atoms with Crippen LogP contribution in [0.25, 0.3) is 0 Å². The van der Waals surface area contributed by atoms with Gasteiger partial charge in [0.1, 0.15) is 12.4 Å². The smallest absolute Gasteiger partial charge is 0.255 e. The van der Waals surface area contributed by atoms with Gasteiger partial charge in [-0.2, -0.15) is 0 Å². The Morgan fingerprint density at radius 3 is 2.36 bits per heavy atom. The molecule has 4 nitrogen and oxygen atoms in total. The Morgan fingerprint density at radius 1 is 1.04 bits per heavy atom. The minimum atomic E-state index is -0.107. The number of nitrogens with one attached hydrogen (secondary N) is 1. The first kappa shape index (κ1) is 17.1. The van der Waals surface area contributed by atoms with Crippen LogP contribution in [0, 0.1) is 0 Å². The van der Waals surface area contributed by atoms with E-state index in [0.717, 1.165) is 24.5 Å². The van der Waals surface area contributed by atoms with E-state index in [4.69, 9.17) is 4.74 Å². The van der Waals surface area contributed by atoms with Crippen molar-refractivity contribution < 1.29 is 9.53 Å². The normalized spacial score (nSPS) is 14.0. The Kier molecular flexibility index (Phi) is 5.73. The van der Waals surface area contributed by atoms with Gasteiger partial charge in [-0.25, -0.2) is 0 Å². The lowest BCUT2D eigenvalue weighted by Crippen LogP contribution is -2.29. The van der Waals surface area contributed by atoms with Crippen LogP contribution in [0.5, 0.6) is 5.75 Å². The van der Waals surface area contributed by atoms with Crippen molar-refractivity contribution in [3.05, 3.63) is 66.7 Å². The number of piperidine rings is 1. The number of amides is 1. The maximum Gasteiger partial charge on any atom is 0.255 e. The zero-order valence-corrected chi connectivity index (χ0v) is 14.4. The minimum Gasteiger partial charge on any atom is -0.490 e. The Bertz CT molecular complexity index is 702. The molecule has 0 radical (unpaired) electrons. The Morgan fingerprint density at radius 2 is 1.72 bits per heavy atom. The molecule has 1 amide bonds. The van der Waals surface area contributed by atoms with Gasteiger partial charge < -0.3 is 15.0 Å². The molecular formula is C21H24N2O2. The number of benzene rings is 2. The van der Waals surface area contributed by atoms with Crippen molar-refractivity contribution in [1.29, 1.82) is 0 Å². The highest BCUT2D eigenvalue weighted by atomic mass is 16.5. The van der Waals surface area contributed by atoms with Crippen molar-refractivity contribution in [3.63, 3.8) is 0 Å². The van der Waals surface area contributed by atoms with Crippen LogP contribution in [0.2, 0.25) is 0 Å². The zero-order chi connectivity index (χ0) is 17.5. The van der Waals surface area contributed by atoms with Gasteiger partial charge in [0.05, 0.1) is 0 Å². The van der Waals surface area contributed by atoms with Crippen LogP contribution >= 0.6 is 0 Å². The Hall–Kier alpha value is -2.75. The monoisotopic (exact) mass is 336 g/mol. The molecule has 1 heterocycles. The summed E-state index contributed by atoms with van der Waals surface area (Å²) in [5.41, 5.74) is 2.60. The lowest BCUT2D eigenvalue weighted by atomic mass is 10.1. The molecule has 1 aliphatic rings. The maximum atomic E-state index is 12.4. The van der Waals surface area contributed by atoms with Crippen molar-refractivity contribution in [2.75, 3.05) is 29.9 Å². The molecule has 0 saturated carbocycles. The summed E-state index contributed by atoms with van der Waals surface area (Å²) in [6, 6.07) is 15.2. The van der Waals surface area contributed by atoms with Gasteiger partial charge in [0.25, 0.3) is 5.91 Å². The highest BCUT2D eigenvalue weighted by Crippen LogP contribution is 2.21. The average Bonchev–Trinajstić information content (AvgIpc) is 2.68. The number of rotatable bonds is 6. The molecule has 3 rings (SSSR count). The number of anilines is 2. The number of nitrogens with zero attached hydrogens (tertiary/aromatic N) is 1. The Labute approximate surface area is 149 Å². The lowest BCUT2D eigenvalue weighted by Gasteiger charge is -2.28. The average molecular weight is 336 g/mol. The SMILES string of the molecule is C=CCOc1ccc(NC(=O)c2ccc(N3CCCCC3)cc2)cc1. The zero-order valence-electron chi connectivity index (χ0n) is 14.4. The van der Waals surface area contributed by atoms with E-state index in [9.17, 15) is 4.79 Å². The summed E-state index contributed by atoms with van der Waals surface area (Å²) >= 11 is 0. The van der Waals surface area contributed by atoms with Gasteiger partial charge in [-0.1, -0.05) is 12.7 Å². The van der Waals surface area contributed by atoms with Crippen molar-refractivity contribution in [2.24, 2.45) is 0 Å². The standard InChI is InChI=1S/C21H24N2O2/c1-2-16-25-20-12-8-18(9-13-20)22-21(24)17-6-10-19(11-7-17)23-14-4-3-5-15-23/h2,6-13H,1,3-5,14-16H2,(H,22,24). The predicted octanol–water partition coefficient (Wildman–Crippen LogP) is 4.49. The van der Waals surface area contributed by atoms with Crippen LogP contribution in [0.15, 0.2) is 61.2 Å². The Balaban J connectivity index is 1.59. The van der Waals surface area contributed by atoms with E-state index in [1.165, 1.54) is 24.9 Å². The highest BCUT2D eigenvalue weighted by molar-refractivity contribution is 6.04. The minimum absolute atomic E-state index is 0.107. The topological polar surface area (TPSA) is 41.6 Å². The third-order valence-corrected chi connectivity index (χ3v) is 4.33. The van der Waals surface area contributed by atoms with Gasteiger partial charge in [0, 0.05) is 30.0 Å². The summed E-state index contributed by atoms with van der Waals surface area (Å²) in [5, 5.41) is 2.91. The molecule has 2 aromatic rings. The van der Waals surface area contributed by atoms with Gasteiger partial charge in [-0.15, -0.1) is 0 Å². The van der Waals surface area contributed by atoms with Gasteiger partial charge in [0.2, 0.25) is 0 Å². The second-order valence-corrected chi connectivity index (χ2v) is 6.17. The number of hydrogen-bond donors (Lipinski definition) is 1. The fraction of sp³-hybridized carbons (Fsp3) is 0.286. The second kappa shape index (κ2) is 8.38. The number of carbonyl (C=O) groups is 1. The molecule has 0 aromatic heterocycles. The molecule has 4 heteroatoms. The fourth-order valence-corrected chi connectivity index (χ4v) is 2.97. The molecule has 2 aromatic carbocycles. The van der Waals surface area contributed by atoms with E-state index in [1.54, 1.807) is 6.08 Å². The van der Waals surface area contributed by atoms with E-state index in [-0.39, 0.29) is 5.91 Å². The third kappa shape index (κ3) is 4.63. The first-order valence-corrected chi connectivity index (χ1v) is 8.76. The van der Waals surface area contributed by atoms with E-state index < -0.39 is 0 Å². The first-order chi connectivity index (χ1) is 12.3. The van der Waals surface area contributed by atoms with Crippen molar-refractivity contribution in [3.8, 4) is 5.75 Å². The van der Waals surface area contributed by atoms with E-state index in [0.29, 0.717) is 12.2 Å². The van der Waals surface area contributed by atoms with Gasteiger partial charge in [-0.3, -0.25) is 4.79 Å². The molecule has 0 bridgehead atoms. The summed E-state index contributed by atoms with van der Waals surface area (Å²) in [4.78, 5) is 14.8. The van der Waals surface area contributed by atoms with Crippen LogP contribution in [-0.2, 0) is 0 Å². The first-order valence-electron chi connectivity index (χ1n) is 8.76. The molecule has 1 saturated heterocycles. The maximum absolute atomic E-state index is 12.4. The second-order valence-electron chi connectivity index (χ2n) is 6.17. The largest absolute Gasteiger partial charge is 0.490 e. The summed E-state index contributed by atoms with van der Waals surface area (Å²) in [6.45, 7) is 6.29. The number of carbonyl (C=O) groups excluding carboxylic acids is 1. The molecule has 1 N–H and O–H groups in total. The van der Waals surface area contributed by atoms with Crippen LogP contribution in [0.3, 0.4) is 0 Å². The van der Waals surface area contributed by atoms with Gasteiger partial charge in [0.15, 0.2) is 0 Å². The van der Waals surface area contributed by atoms with Crippen LogP contribution in [-0.4, -0.2) is 25.6 Å². The molecule has 0 spiro atoms. The summed E-state index contributed by atoms with van der Waals surface area (Å²) in [7, 11) is 0. The van der Waals surface area contributed by atoms with Crippen LogP contribution in [0.4, 0.5) is 11.4 Å². The van der Waals surface area contributed by atoms with E-state index in [1.807, 2.05) is 48.5 Å². The number of hydrogen-bond acceptors (Lipinski definition) is 3. The van der Waals surface area contributed by atoms with E-state index in [2.05, 4.69) is 16.8 Å².